The Labute approximate surface area is 123 Å². The number of carbonyl (C=O) groups excluding carboxylic acids is 1. The average Bonchev–Trinajstić information content (AvgIpc) is 2.71. The van der Waals surface area contributed by atoms with Crippen LogP contribution in [0.1, 0.15) is 40.1 Å². The Morgan fingerprint density at radius 3 is 2.67 bits per heavy atom. The van der Waals surface area contributed by atoms with E-state index >= 15 is 0 Å². The van der Waals surface area contributed by atoms with Crippen LogP contribution in [0.4, 0.5) is 0 Å². The average molecular weight is 289 g/mol. The lowest BCUT2D eigenvalue weighted by atomic mass is 10.1. The van der Waals surface area contributed by atoms with Gasteiger partial charge < -0.3 is 10.0 Å². The molecule has 1 aromatic rings. The van der Waals surface area contributed by atoms with Crippen molar-refractivity contribution in [3.8, 4) is 0 Å². The van der Waals surface area contributed by atoms with E-state index in [4.69, 9.17) is 5.11 Å². The van der Waals surface area contributed by atoms with E-state index in [1.54, 1.807) is 6.07 Å². The minimum Gasteiger partial charge on any atom is -0.477 e. The lowest BCUT2D eigenvalue weighted by Gasteiger charge is -2.25. The van der Waals surface area contributed by atoms with Crippen LogP contribution in [0.2, 0.25) is 0 Å². The Morgan fingerprint density at radius 2 is 2.00 bits per heavy atom. The van der Waals surface area contributed by atoms with Crippen LogP contribution in [0.3, 0.4) is 0 Å². The van der Waals surface area contributed by atoms with Crippen LogP contribution in [0.5, 0.6) is 0 Å². The summed E-state index contributed by atoms with van der Waals surface area (Å²) in [7, 11) is 2.14. The molecule has 3 heterocycles. The van der Waals surface area contributed by atoms with Crippen molar-refractivity contribution in [1.29, 1.82) is 0 Å². The first-order chi connectivity index (χ1) is 10.1. The summed E-state index contributed by atoms with van der Waals surface area (Å²) in [5.41, 5.74) is 0.418. The summed E-state index contributed by atoms with van der Waals surface area (Å²) in [6.45, 7) is 1.50. The number of likely N-dealkylation sites (N-methyl/N-ethyl adjacent to an activating group) is 1. The Bertz CT molecular complexity index is 558. The van der Waals surface area contributed by atoms with E-state index in [9.17, 15) is 9.59 Å². The first-order valence-corrected chi connectivity index (χ1v) is 7.27. The van der Waals surface area contributed by atoms with Crippen LogP contribution in [-0.2, 0) is 0 Å². The number of nitrogens with zero attached hydrogens (tertiary/aromatic N) is 3. The van der Waals surface area contributed by atoms with Crippen molar-refractivity contribution in [2.75, 3.05) is 20.1 Å². The number of carboxylic acids is 1. The number of amides is 1. The lowest BCUT2D eigenvalue weighted by molar-refractivity contribution is 0.0686. The van der Waals surface area contributed by atoms with Crippen molar-refractivity contribution >= 4 is 11.9 Å². The number of aromatic nitrogens is 1. The molecule has 2 atom stereocenters. The molecule has 0 radical (unpaired) electrons. The van der Waals surface area contributed by atoms with E-state index in [1.165, 1.54) is 18.7 Å². The SMILES string of the molecule is CN1C2CCC1CN(C(=O)c1ccc(C(=O)O)nc1)CC2. The summed E-state index contributed by atoms with van der Waals surface area (Å²) in [4.78, 5) is 31.4. The molecule has 2 aliphatic heterocycles. The van der Waals surface area contributed by atoms with Crippen LogP contribution in [0, 0.1) is 0 Å². The first-order valence-electron chi connectivity index (χ1n) is 7.27. The molecule has 1 aromatic heterocycles. The number of likely N-dealkylation sites (tertiary alicyclic amines) is 1. The molecular formula is C15H19N3O3. The summed E-state index contributed by atoms with van der Waals surface area (Å²) < 4.78 is 0. The molecule has 2 saturated heterocycles. The topological polar surface area (TPSA) is 73.7 Å². The highest BCUT2D eigenvalue weighted by Gasteiger charge is 2.36. The Kier molecular flexibility index (Phi) is 3.63. The number of carboxylic acid groups (broad SMARTS) is 1. The molecule has 112 valence electrons. The molecular weight excluding hydrogens is 270 g/mol. The first kappa shape index (κ1) is 14.0. The molecule has 2 unspecified atom stereocenters. The molecule has 6 heteroatoms. The van der Waals surface area contributed by atoms with Gasteiger partial charge in [0.1, 0.15) is 5.69 Å². The number of rotatable bonds is 2. The second-order valence-electron chi connectivity index (χ2n) is 5.83. The van der Waals surface area contributed by atoms with Gasteiger partial charge in [-0.1, -0.05) is 0 Å². The summed E-state index contributed by atoms with van der Waals surface area (Å²) in [5.74, 6) is -1.14. The second-order valence-corrected chi connectivity index (χ2v) is 5.83. The van der Waals surface area contributed by atoms with Crippen molar-refractivity contribution in [2.45, 2.75) is 31.3 Å². The van der Waals surface area contributed by atoms with Crippen LogP contribution >= 0.6 is 0 Å². The molecule has 1 amide bonds. The third-order valence-electron chi connectivity index (χ3n) is 4.67. The van der Waals surface area contributed by atoms with E-state index < -0.39 is 5.97 Å². The molecule has 1 N–H and O–H groups in total. The minimum atomic E-state index is -1.08. The van der Waals surface area contributed by atoms with Crippen LogP contribution in [-0.4, -0.2) is 64.0 Å². The zero-order valence-electron chi connectivity index (χ0n) is 12.0. The summed E-state index contributed by atoms with van der Waals surface area (Å²) in [6.07, 6.45) is 4.72. The standard InChI is InChI=1S/C15H19N3O3/c1-17-11-3-4-12(17)9-18(7-6-11)14(19)10-2-5-13(15(20)21)16-8-10/h2,5,8,11-12H,3-4,6-7,9H2,1H3,(H,20,21). The Balaban J connectivity index is 1.74. The van der Waals surface area contributed by atoms with Gasteiger partial charge in [0, 0.05) is 31.4 Å². The Hall–Kier alpha value is -1.95. The van der Waals surface area contributed by atoms with Crippen LogP contribution in [0.25, 0.3) is 0 Å². The van der Waals surface area contributed by atoms with Gasteiger partial charge >= 0.3 is 5.97 Å². The van der Waals surface area contributed by atoms with Crippen molar-refractivity contribution < 1.29 is 14.7 Å². The number of carbonyl (C=O) groups is 2. The number of pyridine rings is 1. The molecule has 6 nitrogen and oxygen atoms in total. The highest BCUT2D eigenvalue weighted by Crippen LogP contribution is 2.28. The van der Waals surface area contributed by atoms with E-state index in [2.05, 4.69) is 16.9 Å². The second kappa shape index (κ2) is 5.44. The Morgan fingerprint density at radius 1 is 1.24 bits per heavy atom. The predicted molar refractivity (Wildman–Crippen MR) is 76.3 cm³/mol. The van der Waals surface area contributed by atoms with Gasteiger partial charge in [0.15, 0.2) is 0 Å². The summed E-state index contributed by atoms with van der Waals surface area (Å²) in [6, 6.07) is 3.95. The molecule has 3 rings (SSSR count). The third-order valence-corrected chi connectivity index (χ3v) is 4.67. The molecule has 2 bridgehead atoms. The number of fused-ring (bicyclic) bond motifs is 2. The van der Waals surface area contributed by atoms with Gasteiger partial charge in [-0.15, -0.1) is 0 Å². The zero-order chi connectivity index (χ0) is 15.0. The maximum absolute atomic E-state index is 12.5. The predicted octanol–water partition coefficient (Wildman–Crippen LogP) is 1.09. The van der Waals surface area contributed by atoms with Gasteiger partial charge in [0.05, 0.1) is 5.56 Å². The van der Waals surface area contributed by atoms with Crippen molar-refractivity contribution in [2.24, 2.45) is 0 Å². The van der Waals surface area contributed by atoms with E-state index in [0.717, 1.165) is 25.9 Å². The van der Waals surface area contributed by atoms with Gasteiger partial charge in [0.2, 0.25) is 0 Å². The maximum Gasteiger partial charge on any atom is 0.354 e. The van der Waals surface area contributed by atoms with Gasteiger partial charge in [-0.25, -0.2) is 9.78 Å². The molecule has 21 heavy (non-hydrogen) atoms. The van der Waals surface area contributed by atoms with Gasteiger partial charge in [-0.05, 0) is 38.4 Å². The highest BCUT2D eigenvalue weighted by molar-refractivity contribution is 5.95. The number of hydrogen-bond donors (Lipinski definition) is 1. The summed E-state index contributed by atoms with van der Waals surface area (Å²) >= 11 is 0. The summed E-state index contributed by atoms with van der Waals surface area (Å²) in [5, 5.41) is 8.84. The quantitative estimate of drug-likeness (QED) is 0.882. The monoisotopic (exact) mass is 289 g/mol. The fourth-order valence-corrected chi connectivity index (χ4v) is 3.32. The van der Waals surface area contributed by atoms with Crippen molar-refractivity contribution in [3.05, 3.63) is 29.6 Å². The van der Waals surface area contributed by atoms with E-state index in [1.807, 2.05) is 4.90 Å². The fourth-order valence-electron chi connectivity index (χ4n) is 3.32. The highest BCUT2D eigenvalue weighted by atomic mass is 16.4. The maximum atomic E-state index is 12.5. The number of hydrogen-bond acceptors (Lipinski definition) is 4. The minimum absolute atomic E-state index is 0.0405. The largest absolute Gasteiger partial charge is 0.477 e. The van der Waals surface area contributed by atoms with E-state index in [0.29, 0.717) is 17.6 Å². The molecule has 2 fully saturated rings. The normalized spacial score (nSPS) is 25.7. The molecule has 2 aliphatic rings. The fraction of sp³-hybridized carbons (Fsp3) is 0.533. The van der Waals surface area contributed by atoms with Crippen molar-refractivity contribution in [3.63, 3.8) is 0 Å². The van der Waals surface area contributed by atoms with Gasteiger partial charge in [-0.2, -0.15) is 0 Å². The molecule has 0 aromatic carbocycles. The van der Waals surface area contributed by atoms with E-state index in [-0.39, 0.29) is 11.6 Å². The zero-order valence-corrected chi connectivity index (χ0v) is 12.0. The smallest absolute Gasteiger partial charge is 0.354 e. The lowest BCUT2D eigenvalue weighted by Crippen LogP contribution is -2.39. The van der Waals surface area contributed by atoms with Gasteiger partial charge in [-0.3, -0.25) is 9.69 Å². The molecule has 0 saturated carbocycles. The molecule has 0 aliphatic carbocycles. The van der Waals surface area contributed by atoms with Crippen LogP contribution in [0.15, 0.2) is 18.3 Å². The third kappa shape index (κ3) is 2.63. The van der Waals surface area contributed by atoms with Crippen molar-refractivity contribution in [1.82, 2.24) is 14.8 Å². The number of aromatic carboxylic acids is 1. The van der Waals surface area contributed by atoms with Gasteiger partial charge in [0.25, 0.3) is 5.91 Å². The van der Waals surface area contributed by atoms with Crippen LogP contribution < -0.4 is 0 Å². The molecule has 0 spiro atoms.